The van der Waals surface area contributed by atoms with Crippen molar-refractivity contribution in [3.63, 3.8) is 0 Å². The number of carbonyl (C=O) groups excluding carboxylic acids is 1. The SMILES string of the molecule is O=C(c1ccc2c(c1)CCCC2)N(Cc1cccnc1)c1nc2c(F)cc(F)cc2s1. The summed E-state index contributed by atoms with van der Waals surface area (Å²) in [4.78, 5) is 23.6. The molecule has 0 spiro atoms. The molecule has 1 aliphatic rings. The molecule has 1 amide bonds. The molecule has 0 saturated heterocycles. The van der Waals surface area contributed by atoms with Gasteiger partial charge in [0.15, 0.2) is 10.9 Å². The van der Waals surface area contributed by atoms with Crippen molar-refractivity contribution in [1.29, 1.82) is 0 Å². The van der Waals surface area contributed by atoms with E-state index in [4.69, 9.17) is 0 Å². The minimum atomic E-state index is -0.736. The number of halogens is 2. The normalized spacial score (nSPS) is 13.2. The van der Waals surface area contributed by atoms with Gasteiger partial charge in [-0.15, -0.1) is 0 Å². The van der Waals surface area contributed by atoms with Gasteiger partial charge in [0.1, 0.15) is 11.3 Å². The van der Waals surface area contributed by atoms with Crippen LogP contribution in [0.15, 0.2) is 54.9 Å². The lowest BCUT2D eigenvalue weighted by Gasteiger charge is -2.22. The van der Waals surface area contributed by atoms with Crippen LogP contribution in [0, 0.1) is 11.6 Å². The Morgan fingerprint density at radius 1 is 1.06 bits per heavy atom. The van der Waals surface area contributed by atoms with Crippen LogP contribution in [-0.2, 0) is 19.4 Å². The highest BCUT2D eigenvalue weighted by atomic mass is 32.1. The molecule has 5 rings (SSSR count). The molecule has 2 aromatic carbocycles. The predicted molar refractivity (Wildman–Crippen MR) is 117 cm³/mol. The lowest BCUT2D eigenvalue weighted by molar-refractivity contribution is 0.0985. The zero-order valence-electron chi connectivity index (χ0n) is 16.6. The number of thiazole rings is 1. The van der Waals surface area contributed by atoms with E-state index < -0.39 is 11.6 Å². The van der Waals surface area contributed by atoms with E-state index in [1.165, 1.54) is 28.5 Å². The van der Waals surface area contributed by atoms with E-state index in [-0.39, 0.29) is 18.0 Å². The molecule has 0 atom stereocenters. The van der Waals surface area contributed by atoms with Crippen molar-refractivity contribution in [1.82, 2.24) is 9.97 Å². The molecule has 0 N–H and O–H groups in total. The zero-order chi connectivity index (χ0) is 21.4. The molecule has 4 aromatic rings. The Hall–Kier alpha value is -3.19. The van der Waals surface area contributed by atoms with E-state index in [9.17, 15) is 13.6 Å². The van der Waals surface area contributed by atoms with Crippen molar-refractivity contribution in [2.24, 2.45) is 0 Å². The first-order chi connectivity index (χ1) is 15.1. The summed E-state index contributed by atoms with van der Waals surface area (Å²) < 4.78 is 28.3. The van der Waals surface area contributed by atoms with Crippen molar-refractivity contribution < 1.29 is 13.6 Å². The molecule has 1 aliphatic carbocycles. The van der Waals surface area contributed by atoms with Crippen LogP contribution in [0.5, 0.6) is 0 Å². The molecule has 0 bridgehead atoms. The minimum Gasteiger partial charge on any atom is -0.279 e. The molecule has 2 heterocycles. The van der Waals surface area contributed by atoms with Gasteiger partial charge in [-0.2, -0.15) is 0 Å². The van der Waals surface area contributed by atoms with Gasteiger partial charge in [-0.05, 0) is 66.6 Å². The van der Waals surface area contributed by atoms with Gasteiger partial charge in [-0.1, -0.05) is 23.5 Å². The number of amides is 1. The number of benzene rings is 2. The van der Waals surface area contributed by atoms with E-state index in [2.05, 4.69) is 9.97 Å². The Balaban J connectivity index is 1.57. The maximum absolute atomic E-state index is 14.3. The second kappa shape index (κ2) is 8.15. The monoisotopic (exact) mass is 435 g/mol. The number of carbonyl (C=O) groups is 1. The summed E-state index contributed by atoms with van der Waals surface area (Å²) in [6, 6.07) is 11.5. The minimum absolute atomic E-state index is 0.0656. The average Bonchev–Trinajstić information content (AvgIpc) is 3.21. The molecular weight excluding hydrogens is 416 g/mol. The molecule has 7 heteroatoms. The summed E-state index contributed by atoms with van der Waals surface area (Å²) in [7, 11) is 0. The lowest BCUT2D eigenvalue weighted by atomic mass is 9.90. The Kier molecular flexibility index (Phi) is 5.19. The molecule has 0 fully saturated rings. The van der Waals surface area contributed by atoms with E-state index in [0.717, 1.165) is 42.2 Å². The molecule has 2 aromatic heterocycles. The standard InChI is InChI=1S/C24H19F2N3OS/c25-19-11-20(26)22-21(12-19)31-24(28-22)29(14-15-4-3-9-27-13-15)23(30)18-8-7-16-5-1-2-6-17(16)10-18/h3-4,7-13H,1-2,5-6,14H2. The third-order valence-corrected chi connectivity index (χ3v) is 6.56. The maximum Gasteiger partial charge on any atom is 0.260 e. The summed E-state index contributed by atoms with van der Waals surface area (Å²) in [6.07, 6.45) is 7.63. The molecule has 0 saturated carbocycles. The predicted octanol–water partition coefficient (Wildman–Crippen LogP) is 5.70. The van der Waals surface area contributed by atoms with Gasteiger partial charge in [0.2, 0.25) is 0 Å². The van der Waals surface area contributed by atoms with Crippen LogP contribution in [0.4, 0.5) is 13.9 Å². The van der Waals surface area contributed by atoms with Crippen molar-refractivity contribution in [2.75, 3.05) is 4.90 Å². The van der Waals surface area contributed by atoms with Crippen LogP contribution in [0.25, 0.3) is 10.2 Å². The summed E-state index contributed by atoms with van der Waals surface area (Å²) in [6.45, 7) is 0.230. The average molecular weight is 435 g/mol. The third kappa shape index (κ3) is 3.93. The van der Waals surface area contributed by atoms with Gasteiger partial charge in [0.05, 0.1) is 11.2 Å². The number of aromatic nitrogens is 2. The topological polar surface area (TPSA) is 46.1 Å². The Labute approximate surface area is 182 Å². The van der Waals surface area contributed by atoms with Gasteiger partial charge in [-0.3, -0.25) is 14.7 Å². The number of nitrogens with zero attached hydrogens (tertiary/aromatic N) is 3. The van der Waals surface area contributed by atoms with Crippen molar-refractivity contribution in [3.8, 4) is 0 Å². The molecule has 0 unspecified atom stereocenters. The second-order valence-corrected chi connectivity index (χ2v) is 8.68. The number of anilines is 1. The van der Waals surface area contributed by atoms with Crippen LogP contribution in [0.1, 0.15) is 39.9 Å². The van der Waals surface area contributed by atoms with Crippen molar-refractivity contribution in [3.05, 3.63) is 88.7 Å². The number of fused-ring (bicyclic) bond motifs is 2. The van der Waals surface area contributed by atoms with Crippen LogP contribution in [0.3, 0.4) is 0 Å². The molecule has 156 valence electrons. The summed E-state index contributed by atoms with van der Waals surface area (Å²) >= 11 is 1.10. The summed E-state index contributed by atoms with van der Waals surface area (Å²) in [5.41, 5.74) is 3.95. The van der Waals surface area contributed by atoms with E-state index in [1.54, 1.807) is 18.5 Å². The highest BCUT2D eigenvalue weighted by molar-refractivity contribution is 7.22. The summed E-state index contributed by atoms with van der Waals surface area (Å²) in [5, 5.41) is 0.325. The zero-order valence-corrected chi connectivity index (χ0v) is 17.5. The van der Waals surface area contributed by atoms with Crippen LogP contribution < -0.4 is 4.90 Å². The Bertz CT molecular complexity index is 1270. The van der Waals surface area contributed by atoms with Gasteiger partial charge in [0.25, 0.3) is 5.91 Å². The van der Waals surface area contributed by atoms with Gasteiger partial charge in [0, 0.05) is 24.0 Å². The summed E-state index contributed by atoms with van der Waals surface area (Å²) in [5.74, 6) is -1.63. The fourth-order valence-corrected chi connectivity index (χ4v) is 4.99. The Morgan fingerprint density at radius 3 is 2.71 bits per heavy atom. The fourth-order valence-electron chi connectivity index (χ4n) is 3.98. The first kappa shape index (κ1) is 19.8. The third-order valence-electron chi connectivity index (χ3n) is 5.54. The smallest absolute Gasteiger partial charge is 0.260 e. The molecule has 4 nitrogen and oxygen atoms in total. The first-order valence-corrected chi connectivity index (χ1v) is 11.0. The van der Waals surface area contributed by atoms with Gasteiger partial charge in [-0.25, -0.2) is 13.8 Å². The van der Waals surface area contributed by atoms with Gasteiger partial charge < -0.3 is 0 Å². The first-order valence-electron chi connectivity index (χ1n) is 10.2. The Morgan fingerprint density at radius 2 is 1.90 bits per heavy atom. The molecule has 0 radical (unpaired) electrons. The van der Waals surface area contributed by atoms with Crippen molar-refractivity contribution >= 4 is 32.6 Å². The van der Waals surface area contributed by atoms with Crippen LogP contribution in [0.2, 0.25) is 0 Å². The number of hydrogen-bond donors (Lipinski definition) is 0. The highest BCUT2D eigenvalue weighted by Gasteiger charge is 2.24. The second-order valence-electron chi connectivity index (χ2n) is 7.67. The molecular formula is C24H19F2N3OS. The van der Waals surface area contributed by atoms with E-state index >= 15 is 0 Å². The lowest BCUT2D eigenvalue weighted by Crippen LogP contribution is -2.30. The maximum atomic E-state index is 14.3. The van der Waals surface area contributed by atoms with E-state index in [0.29, 0.717) is 15.4 Å². The highest BCUT2D eigenvalue weighted by Crippen LogP contribution is 2.33. The largest absolute Gasteiger partial charge is 0.279 e. The number of hydrogen-bond acceptors (Lipinski definition) is 4. The number of rotatable bonds is 4. The van der Waals surface area contributed by atoms with Crippen LogP contribution in [-0.4, -0.2) is 15.9 Å². The number of pyridine rings is 1. The fraction of sp³-hybridized carbons (Fsp3) is 0.208. The number of aryl methyl sites for hydroxylation is 2. The molecule has 31 heavy (non-hydrogen) atoms. The van der Waals surface area contributed by atoms with Crippen LogP contribution >= 0.6 is 11.3 Å². The van der Waals surface area contributed by atoms with Crippen molar-refractivity contribution in [2.45, 2.75) is 32.2 Å². The van der Waals surface area contributed by atoms with Gasteiger partial charge >= 0.3 is 0 Å². The molecule has 0 aliphatic heterocycles. The van der Waals surface area contributed by atoms with E-state index in [1.807, 2.05) is 24.3 Å². The quantitative estimate of drug-likeness (QED) is 0.413.